The molecule has 3 nitrogen and oxygen atoms in total. The molecule has 0 aromatic heterocycles. The van der Waals surface area contributed by atoms with E-state index in [-0.39, 0.29) is 0 Å². The maximum atomic E-state index is 5.71. The highest BCUT2D eigenvalue weighted by Crippen LogP contribution is 2.37. The first-order valence-corrected chi connectivity index (χ1v) is 8.29. The summed E-state index contributed by atoms with van der Waals surface area (Å²) in [5, 5.41) is 3.57. The fourth-order valence-corrected chi connectivity index (χ4v) is 2.75. The summed E-state index contributed by atoms with van der Waals surface area (Å²) in [6.07, 6.45) is 2.17. The van der Waals surface area contributed by atoms with E-state index in [1.165, 1.54) is 5.56 Å². The number of hydrogen-bond donors (Lipinski definition) is 1. The largest absolute Gasteiger partial charge is 0.490 e. The van der Waals surface area contributed by atoms with Crippen LogP contribution in [0.4, 0.5) is 0 Å². The molecule has 1 unspecified atom stereocenters. The molecule has 0 radical (unpaired) electrons. The van der Waals surface area contributed by atoms with Crippen LogP contribution in [0.15, 0.2) is 16.6 Å². The van der Waals surface area contributed by atoms with Crippen LogP contribution in [-0.4, -0.2) is 19.8 Å². The lowest BCUT2D eigenvalue weighted by atomic mass is 10.0. The van der Waals surface area contributed by atoms with Gasteiger partial charge in [-0.15, -0.1) is 0 Å². The minimum atomic E-state index is 0.333. The van der Waals surface area contributed by atoms with Gasteiger partial charge in [0.25, 0.3) is 0 Å². The van der Waals surface area contributed by atoms with Gasteiger partial charge in [0.05, 0.1) is 13.2 Å². The lowest BCUT2D eigenvalue weighted by molar-refractivity contribution is 0.287. The van der Waals surface area contributed by atoms with Crippen LogP contribution in [0.3, 0.4) is 0 Å². The minimum Gasteiger partial charge on any atom is -0.490 e. The second kappa shape index (κ2) is 9.24. The molecule has 0 saturated carbocycles. The lowest BCUT2D eigenvalue weighted by Crippen LogP contribution is -2.22. The molecule has 0 aliphatic rings. The predicted octanol–water partition coefficient (Wildman–Crippen LogP) is 4.70. The van der Waals surface area contributed by atoms with Crippen LogP contribution in [0.1, 0.15) is 52.1 Å². The van der Waals surface area contributed by atoms with Crippen molar-refractivity contribution >= 4 is 15.9 Å². The summed E-state index contributed by atoms with van der Waals surface area (Å²) < 4.78 is 12.4. The predicted molar refractivity (Wildman–Crippen MR) is 87.8 cm³/mol. The Balaban J connectivity index is 3.08. The van der Waals surface area contributed by atoms with Gasteiger partial charge in [0.15, 0.2) is 11.5 Å². The zero-order valence-electron chi connectivity index (χ0n) is 13.0. The quantitative estimate of drug-likeness (QED) is 0.704. The molecule has 0 fully saturated rings. The number of nitrogens with one attached hydrogen (secondary N) is 1. The third kappa shape index (κ3) is 4.67. The molecule has 1 N–H and O–H groups in total. The Morgan fingerprint density at radius 1 is 1.05 bits per heavy atom. The summed E-state index contributed by atoms with van der Waals surface area (Å²) in [6.45, 7) is 10.6. The fraction of sp³-hybridized carbons (Fsp3) is 0.625. The average Bonchev–Trinajstić information content (AvgIpc) is 2.44. The van der Waals surface area contributed by atoms with Gasteiger partial charge in [0.1, 0.15) is 0 Å². The van der Waals surface area contributed by atoms with Crippen LogP contribution in [0, 0.1) is 0 Å². The number of benzene rings is 1. The Morgan fingerprint density at radius 2 is 1.65 bits per heavy atom. The van der Waals surface area contributed by atoms with Gasteiger partial charge in [0, 0.05) is 10.5 Å². The summed E-state index contributed by atoms with van der Waals surface area (Å²) >= 11 is 3.66. The molecule has 1 aromatic carbocycles. The molecule has 0 aliphatic heterocycles. The molecular weight excluding hydrogens is 318 g/mol. The van der Waals surface area contributed by atoms with Crippen molar-refractivity contribution in [2.24, 2.45) is 0 Å². The van der Waals surface area contributed by atoms with Crippen LogP contribution >= 0.6 is 15.9 Å². The Labute approximate surface area is 131 Å². The number of ether oxygens (including phenoxy) is 2. The summed E-state index contributed by atoms with van der Waals surface area (Å²) in [5.74, 6) is 1.62. The zero-order valence-corrected chi connectivity index (χ0v) is 14.5. The summed E-state index contributed by atoms with van der Waals surface area (Å²) in [4.78, 5) is 0. The highest BCUT2D eigenvalue weighted by molar-refractivity contribution is 9.10. The third-order valence-electron chi connectivity index (χ3n) is 3.09. The van der Waals surface area contributed by atoms with E-state index in [1.54, 1.807) is 0 Å². The van der Waals surface area contributed by atoms with Crippen LogP contribution in [0.25, 0.3) is 0 Å². The van der Waals surface area contributed by atoms with Crippen molar-refractivity contribution in [3.63, 3.8) is 0 Å². The van der Waals surface area contributed by atoms with Crippen LogP contribution in [0.5, 0.6) is 11.5 Å². The van der Waals surface area contributed by atoms with Gasteiger partial charge in [0.2, 0.25) is 0 Å². The maximum Gasteiger partial charge on any atom is 0.162 e. The van der Waals surface area contributed by atoms with Gasteiger partial charge in [-0.2, -0.15) is 0 Å². The van der Waals surface area contributed by atoms with Crippen molar-refractivity contribution in [3.05, 3.63) is 22.2 Å². The van der Waals surface area contributed by atoms with Crippen LogP contribution in [-0.2, 0) is 0 Å². The maximum absolute atomic E-state index is 5.71. The van der Waals surface area contributed by atoms with Crippen molar-refractivity contribution < 1.29 is 9.47 Å². The van der Waals surface area contributed by atoms with E-state index < -0.39 is 0 Å². The molecule has 0 spiro atoms. The molecule has 1 atom stereocenters. The molecule has 0 amide bonds. The number of halogens is 1. The van der Waals surface area contributed by atoms with Crippen molar-refractivity contribution in [2.45, 2.75) is 46.6 Å². The Morgan fingerprint density at radius 3 is 2.15 bits per heavy atom. The molecular formula is C16H26BrNO2. The molecule has 0 heterocycles. The summed E-state index contributed by atoms with van der Waals surface area (Å²) in [6, 6.07) is 4.44. The topological polar surface area (TPSA) is 30.5 Å². The van der Waals surface area contributed by atoms with Gasteiger partial charge in [-0.3, -0.25) is 0 Å². The monoisotopic (exact) mass is 343 g/mol. The fourth-order valence-electron chi connectivity index (χ4n) is 2.15. The van der Waals surface area contributed by atoms with Gasteiger partial charge in [-0.05, 0) is 50.9 Å². The molecule has 1 aromatic rings. The van der Waals surface area contributed by atoms with Crippen LogP contribution < -0.4 is 14.8 Å². The van der Waals surface area contributed by atoms with E-state index in [0.29, 0.717) is 19.3 Å². The Bertz CT molecular complexity index is 410. The zero-order chi connectivity index (χ0) is 15.0. The highest BCUT2D eigenvalue weighted by Gasteiger charge is 2.16. The molecule has 0 bridgehead atoms. The lowest BCUT2D eigenvalue weighted by Gasteiger charge is -2.21. The van der Waals surface area contributed by atoms with Crippen molar-refractivity contribution in [1.82, 2.24) is 5.32 Å². The van der Waals surface area contributed by atoms with E-state index in [1.807, 2.05) is 19.9 Å². The van der Waals surface area contributed by atoms with Crippen molar-refractivity contribution in [1.29, 1.82) is 0 Å². The Kier molecular flexibility index (Phi) is 8.00. The van der Waals surface area contributed by atoms with Gasteiger partial charge < -0.3 is 14.8 Å². The molecule has 0 saturated heterocycles. The normalized spacial score (nSPS) is 12.2. The van der Waals surface area contributed by atoms with E-state index in [0.717, 1.165) is 35.4 Å². The molecule has 20 heavy (non-hydrogen) atoms. The minimum absolute atomic E-state index is 0.333. The third-order valence-corrected chi connectivity index (χ3v) is 3.77. The molecule has 0 aliphatic carbocycles. The van der Waals surface area contributed by atoms with Crippen LogP contribution in [0.2, 0.25) is 0 Å². The van der Waals surface area contributed by atoms with E-state index >= 15 is 0 Å². The average molecular weight is 344 g/mol. The van der Waals surface area contributed by atoms with Gasteiger partial charge >= 0.3 is 0 Å². The van der Waals surface area contributed by atoms with Gasteiger partial charge in [-0.25, -0.2) is 0 Å². The smallest absolute Gasteiger partial charge is 0.162 e. The first-order valence-electron chi connectivity index (χ1n) is 7.50. The first kappa shape index (κ1) is 17.3. The summed E-state index contributed by atoms with van der Waals surface area (Å²) in [7, 11) is 0. The molecule has 4 heteroatoms. The van der Waals surface area contributed by atoms with E-state index in [2.05, 4.69) is 41.2 Å². The number of rotatable bonds is 9. The molecule has 1 rings (SSSR count). The SMILES string of the molecule is CCCNC(CC)c1cc(OCC)c(OCC)cc1Br. The van der Waals surface area contributed by atoms with E-state index in [4.69, 9.17) is 9.47 Å². The standard InChI is InChI=1S/C16H26BrNO2/c1-5-9-18-14(6-2)12-10-15(19-7-3)16(20-8-4)11-13(12)17/h10-11,14,18H,5-9H2,1-4H3. The second-order valence-corrected chi connectivity index (χ2v) is 5.46. The Hall–Kier alpha value is -0.740. The highest BCUT2D eigenvalue weighted by atomic mass is 79.9. The summed E-state index contributed by atoms with van der Waals surface area (Å²) in [5.41, 5.74) is 1.23. The molecule has 114 valence electrons. The number of hydrogen-bond acceptors (Lipinski definition) is 3. The second-order valence-electron chi connectivity index (χ2n) is 4.60. The van der Waals surface area contributed by atoms with E-state index in [9.17, 15) is 0 Å². The van der Waals surface area contributed by atoms with Gasteiger partial charge in [-0.1, -0.05) is 29.8 Å². The first-order chi connectivity index (χ1) is 9.67. The van der Waals surface area contributed by atoms with Crippen molar-refractivity contribution in [3.8, 4) is 11.5 Å². The van der Waals surface area contributed by atoms with Crippen molar-refractivity contribution in [2.75, 3.05) is 19.8 Å².